The average Bonchev–Trinajstić information content (AvgIpc) is 3.35. The summed E-state index contributed by atoms with van der Waals surface area (Å²) in [4.78, 5) is 24.5. The number of esters is 1. The number of hydrogen-bond donors (Lipinski definition) is 3. The first-order valence-corrected chi connectivity index (χ1v) is 31.1. The van der Waals surface area contributed by atoms with Crippen LogP contribution in [0, 0.1) is 0 Å². The zero-order valence-corrected chi connectivity index (χ0v) is 46.6. The second-order valence-corrected chi connectivity index (χ2v) is 21.4. The number of ether oxygens (including phenoxy) is 1. The molecule has 2 unspecified atom stereocenters. The standard InChI is InChI=1S/C63H121NO5/c1-3-5-7-9-11-13-15-17-18-19-20-21-23-26-29-32-35-39-43-47-51-55-61(66)60(59-65)64-62(67)56-52-48-44-40-36-33-30-27-24-22-25-28-31-34-38-42-46-50-54-58-69-63(68)57-53-49-45-41-37-16-14-12-10-8-6-4-2/h12,14,51,55,60-61,65-66H,3-11,13,15-50,52-54,56-59H2,1-2H3,(H,64,67)/b14-12-,55-51+. The summed E-state index contributed by atoms with van der Waals surface area (Å²) in [5.41, 5.74) is 0. The minimum atomic E-state index is -0.847. The third-order valence-electron chi connectivity index (χ3n) is 14.5. The summed E-state index contributed by atoms with van der Waals surface area (Å²) >= 11 is 0. The summed E-state index contributed by atoms with van der Waals surface area (Å²) in [5, 5.41) is 23.2. The van der Waals surface area contributed by atoms with E-state index in [9.17, 15) is 19.8 Å². The van der Waals surface area contributed by atoms with Gasteiger partial charge in [0.15, 0.2) is 0 Å². The van der Waals surface area contributed by atoms with Crippen molar-refractivity contribution in [1.29, 1.82) is 0 Å². The fourth-order valence-electron chi connectivity index (χ4n) is 9.69. The molecule has 0 saturated carbocycles. The monoisotopic (exact) mass is 972 g/mol. The normalized spacial score (nSPS) is 12.7. The number of allylic oxidation sites excluding steroid dienone is 3. The molecular formula is C63H121NO5. The number of amides is 1. The molecule has 0 fully saturated rings. The lowest BCUT2D eigenvalue weighted by atomic mass is 10.0. The van der Waals surface area contributed by atoms with Crippen molar-refractivity contribution >= 4 is 11.9 Å². The second kappa shape index (κ2) is 58.9. The van der Waals surface area contributed by atoms with Gasteiger partial charge in [0.05, 0.1) is 25.4 Å². The molecule has 0 aliphatic rings. The maximum absolute atomic E-state index is 12.5. The van der Waals surface area contributed by atoms with Gasteiger partial charge >= 0.3 is 5.97 Å². The van der Waals surface area contributed by atoms with E-state index in [2.05, 4.69) is 31.3 Å². The molecule has 0 aliphatic heterocycles. The van der Waals surface area contributed by atoms with Gasteiger partial charge in [0.1, 0.15) is 0 Å². The lowest BCUT2D eigenvalue weighted by Gasteiger charge is -2.20. The van der Waals surface area contributed by atoms with Gasteiger partial charge in [0.25, 0.3) is 0 Å². The molecule has 0 saturated heterocycles. The van der Waals surface area contributed by atoms with E-state index in [1.165, 1.54) is 270 Å². The van der Waals surface area contributed by atoms with Crippen molar-refractivity contribution < 1.29 is 24.5 Å². The Balaban J connectivity index is 3.44. The predicted molar refractivity (Wildman–Crippen MR) is 301 cm³/mol. The molecule has 6 nitrogen and oxygen atoms in total. The number of nitrogens with one attached hydrogen (secondary N) is 1. The summed E-state index contributed by atoms with van der Waals surface area (Å²) in [6.07, 6.45) is 72.1. The molecule has 2 atom stereocenters. The lowest BCUT2D eigenvalue weighted by molar-refractivity contribution is -0.143. The highest BCUT2D eigenvalue weighted by Gasteiger charge is 2.18. The quantitative estimate of drug-likeness (QED) is 0.0321. The molecule has 0 radical (unpaired) electrons. The number of hydrogen-bond acceptors (Lipinski definition) is 5. The smallest absolute Gasteiger partial charge is 0.305 e. The van der Waals surface area contributed by atoms with Gasteiger partial charge in [-0.25, -0.2) is 0 Å². The number of aliphatic hydroxyl groups excluding tert-OH is 2. The third-order valence-corrected chi connectivity index (χ3v) is 14.5. The predicted octanol–water partition coefficient (Wildman–Crippen LogP) is 19.4. The van der Waals surface area contributed by atoms with Crippen LogP contribution in [0.4, 0.5) is 0 Å². The van der Waals surface area contributed by atoms with Crippen molar-refractivity contribution in [2.75, 3.05) is 13.2 Å². The third kappa shape index (κ3) is 55.5. The number of carbonyl (C=O) groups excluding carboxylic acids is 2. The Kier molecular flexibility index (Phi) is 57.5. The van der Waals surface area contributed by atoms with E-state index >= 15 is 0 Å². The molecule has 0 aromatic carbocycles. The van der Waals surface area contributed by atoms with Gasteiger partial charge in [0.2, 0.25) is 5.91 Å². The van der Waals surface area contributed by atoms with Crippen molar-refractivity contribution in [2.24, 2.45) is 0 Å². The number of carbonyl (C=O) groups is 2. The van der Waals surface area contributed by atoms with Crippen LogP contribution in [0.5, 0.6) is 0 Å². The number of aliphatic hydroxyl groups is 2. The van der Waals surface area contributed by atoms with Crippen molar-refractivity contribution in [2.45, 2.75) is 353 Å². The fraction of sp³-hybridized carbons (Fsp3) is 0.905. The van der Waals surface area contributed by atoms with Gasteiger partial charge in [-0.1, -0.05) is 295 Å². The van der Waals surface area contributed by atoms with Crippen LogP contribution < -0.4 is 5.32 Å². The largest absolute Gasteiger partial charge is 0.466 e. The highest BCUT2D eigenvalue weighted by molar-refractivity contribution is 5.76. The van der Waals surface area contributed by atoms with Crippen LogP contribution in [-0.2, 0) is 14.3 Å². The molecular weight excluding hydrogens is 851 g/mol. The Morgan fingerprint density at radius 2 is 0.681 bits per heavy atom. The van der Waals surface area contributed by atoms with E-state index in [0.717, 1.165) is 44.9 Å². The first kappa shape index (κ1) is 67.3. The molecule has 0 heterocycles. The lowest BCUT2D eigenvalue weighted by Crippen LogP contribution is -2.45. The topological polar surface area (TPSA) is 95.9 Å². The Morgan fingerprint density at radius 3 is 1.06 bits per heavy atom. The molecule has 69 heavy (non-hydrogen) atoms. The maximum atomic E-state index is 12.5. The van der Waals surface area contributed by atoms with E-state index in [4.69, 9.17) is 4.74 Å². The summed E-state index contributed by atoms with van der Waals surface area (Å²) in [5.74, 6) is -0.0692. The molecule has 1 amide bonds. The molecule has 0 aromatic heterocycles. The van der Waals surface area contributed by atoms with Gasteiger partial charge in [-0.05, 0) is 57.8 Å². The molecule has 6 heteroatoms. The minimum Gasteiger partial charge on any atom is -0.466 e. The maximum Gasteiger partial charge on any atom is 0.305 e. The van der Waals surface area contributed by atoms with Crippen LogP contribution in [0.2, 0.25) is 0 Å². The zero-order valence-electron chi connectivity index (χ0n) is 46.6. The highest BCUT2D eigenvalue weighted by atomic mass is 16.5. The highest BCUT2D eigenvalue weighted by Crippen LogP contribution is 2.18. The van der Waals surface area contributed by atoms with Crippen molar-refractivity contribution in [3.8, 4) is 0 Å². The Labute approximate surface area is 431 Å². The first-order chi connectivity index (χ1) is 34.0. The minimum absolute atomic E-state index is 0.00134. The van der Waals surface area contributed by atoms with Crippen LogP contribution in [0.1, 0.15) is 341 Å². The van der Waals surface area contributed by atoms with Gasteiger partial charge in [-0.15, -0.1) is 0 Å². The van der Waals surface area contributed by atoms with Gasteiger partial charge in [0, 0.05) is 12.8 Å². The van der Waals surface area contributed by atoms with Crippen LogP contribution in [-0.4, -0.2) is 47.4 Å². The molecule has 0 aliphatic carbocycles. The molecule has 408 valence electrons. The van der Waals surface area contributed by atoms with Crippen LogP contribution in [0.15, 0.2) is 24.3 Å². The van der Waals surface area contributed by atoms with E-state index < -0.39 is 12.1 Å². The summed E-state index contributed by atoms with van der Waals surface area (Å²) in [6, 6.07) is -0.631. The van der Waals surface area contributed by atoms with E-state index in [1.54, 1.807) is 6.08 Å². The van der Waals surface area contributed by atoms with Gasteiger partial charge < -0.3 is 20.3 Å². The Morgan fingerprint density at radius 1 is 0.391 bits per heavy atom. The Hall–Kier alpha value is -1.66. The van der Waals surface area contributed by atoms with E-state index in [-0.39, 0.29) is 18.5 Å². The van der Waals surface area contributed by atoms with Crippen LogP contribution >= 0.6 is 0 Å². The number of rotatable bonds is 58. The van der Waals surface area contributed by atoms with Crippen molar-refractivity contribution in [1.82, 2.24) is 5.32 Å². The zero-order chi connectivity index (χ0) is 50.0. The van der Waals surface area contributed by atoms with Crippen molar-refractivity contribution in [3.05, 3.63) is 24.3 Å². The van der Waals surface area contributed by atoms with Gasteiger partial charge in [-0.3, -0.25) is 9.59 Å². The van der Waals surface area contributed by atoms with E-state index in [1.807, 2.05) is 6.08 Å². The van der Waals surface area contributed by atoms with Crippen LogP contribution in [0.25, 0.3) is 0 Å². The van der Waals surface area contributed by atoms with Gasteiger partial charge in [-0.2, -0.15) is 0 Å². The van der Waals surface area contributed by atoms with Crippen LogP contribution in [0.3, 0.4) is 0 Å². The second-order valence-electron chi connectivity index (χ2n) is 21.4. The molecule has 3 N–H and O–H groups in total. The molecule has 0 bridgehead atoms. The molecule has 0 spiro atoms. The van der Waals surface area contributed by atoms with Crippen molar-refractivity contribution in [3.63, 3.8) is 0 Å². The fourth-order valence-corrected chi connectivity index (χ4v) is 9.69. The SMILES string of the molecule is CCCCC/C=C\CCCCCCCC(=O)OCCCCCCCCCCCCCCCCCCCCCC(=O)NC(CO)C(O)/C=C/CCCCCCCCCCCCCCCCCCCCC. The molecule has 0 rings (SSSR count). The summed E-state index contributed by atoms with van der Waals surface area (Å²) < 4.78 is 5.46. The van der Waals surface area contributed by atoms with E-state index in [0.29, 0.717) is 19.4 Å². The Bertz CT molecular complexity index is 1080. The summed E-state index contributed by atoms with van der Waals surface area (Å²) in [7, 11) is 0. The summed E-state index contributed by atoms with van der Waals surface area (Å²) in [6.45, 7) is 4.90. The average molecular weight is 973 g/mol. The molecule has 0 aromatic rings. The number of unbranched alkanes of at least 4 members (excludes halogenated alkanes) is 45. The first-order valence-electron chi connectivity index (χ1n) is 31.1.